The number of Topliss-reactive ketones (excluding diaryl/α,β-unsaturated/α-hetero) is 1. The average molecular weight is 456 g/mol. The van der Waals surface area contributed by atoms with Gasteiger partial charge in [0.15, 0.2) is 20.8 Å². The molecule has 0 fully saturated rings. The van der Waals surface area contributed by atoms with Crippen molar-refractivity contribution in [1.29, 1.82) is 0 Å². The van der Waals surface area contributed by atoms with Crippen LogP contribution in [0.2, 0.25) is 0 Å². The normalized spacial score (nSPS) is 11.5. The maximum absolute atomic E-state index is 12.8. The minimum absolute atomic E-state index is 0.0184. The number of allylic oxidation sites excluding steroid dienone is 1. The monoisotopic (exact) mass is 455 g/mol. The highest BCUT2D eigenvalue weighted by atomic mass is 32.2. The molecule has 6 nitrogen and oxygen atoms in total. The third-order valence-electron chi connectivity index (χ3n) is 4.97. The Hall–Kier alpha value is -2.71. The second-order valence-electron chi connectivity index (χ2n) is 7.38. The van der Waals surface area contributed by atoms with Crippen LogP contribution in [0, 0.1) is 20.8 Å². The zero-order valence-electron chi connectivity index (χ0n) is 17.8. The molecule has 0 aliphatic heterocycles. The molecule has 8 heteroatoms. The number of aromatic nitrogens is 3. The van der Waals surface area contributed by atoms with E-state index in [1.54, 1.807) is 34.9 Å². The van der Waals surface area contributed by atoms with Crippen molar-refractivity contribution in [3.8, 4) is 0 Å². The summed E-state index contributed by atoms with van der Waals surface area (Å²) in [6.07, 6.45) is 1.65. The number of ketones is 1. The summed E-state index contributed by atoms with van der Waals surface area (Å²) >= 11 is 1.24. The molecule has 0 amide bonds. The van der Waals surface area contributed by atoms with Gasteiger partial charge >= 0.3 is 0 Å². The van der Waals surface area contributed by atoms with E-state index < -0.39 is 9.84 Å². The zero-order chi connectivity index (χ0) is 22.6. The molecule has 0 N–H and O–H groups in total. The average Bonchev–Trinajstić information content (AvgIpc) is 3.09. The first-order valence-electron chi connectivity index (χ1n) is 9.77. The minimum atomic E-state index is -3.57. The largest absolute Gasteiger partial charge is 0.301 e. The first kappa shape index (κ1) is 23.0. The van der Waals surface area contributed by atoms with Gasteiger partial charge in [0, 0.05) is 12.1 Å². The Morgan fingerprint density at radius 2 is 1.77 bits per heavy atom. The van der Waals surface area contributed by atoms with E-state index in [4.69, 9.17) is 0 Å². The molecule has 1 aromatic heterocycles. The third kappa shape index (κ3) is 5.51. The van der Waals surface area contributed by atoms with Gasteiger partial charge in [-0.05, 0) is 50.1 Å². The molecule has 0 atom stereocenters. The fraction of sp³-hybridized carbons (Fsp3) is 0.261. The van der Waals surface area contributed by atoms with Gasteiger partial charge in [0.25, 0.3) is 0 Å². The predicted octanol–water partition coefficient (Wildman–Crippen LogP) is 4.34. The van der Waals surface area contributed by atoms with E-state index in [1.807, 2.05) is 39.0 Å². The Kier molecular flexibility index (Phi) is 7.12. The smallest absolute Gasteiger partial charge is 0.191 e. The summed E-state index contributed by atoms with van der Waals surface area (Å²) in [6, 6.07) is 12.3. The lowest BCUT2D eigenvalue weighted by Gasteiger charge is -2.09. The lowest BCUT2D eigenvalue weighted by molar-refractivity contribution is 0.102. The Morgan fingerprint density at radius 1 is 1.06 bits per heavy atom. The van der Waals surface area contributed by atoms with Crippen LogP contribution < -0.4 is 0 Å². The topological polar surface area (TPSA) is 81.9 Å². The molecule has 0 saturated carbocycles. The highest BCUT2D eigenvalue weighted by Gasteiger charge is 2.22. The highest BCUT2D eigenvalue weighted by molar-refractivity contribution is 7.99. The molecule has 1 heterocycles. The Balaban J connectivity index is 1.78. The summed E-state index contributed by atoms with van der Waals surface area (Å²) in [4.78, 5) is 12.8. The highest BCUT2D eigenvalue weighted by Crippen LogP contribution is 2.22. The number of aryl methyl sites for hydroxylation is 3. The summed E-state index contributed by atoms with van der Waals surface area (Å²) in [5.74, 6) is 0.210. The van der Waals surface area contributed by atoms with Gasteiger partial charge in [-0.1, -0.05) is 47.7 Å². The quantitative estimate of drug-likeness (QED) is 0.271. The molecule has 0 saturated heterocycles. The van der Waals surface area contributed by atoms with Gasteiger partial charge in [-0.25, -0.2) is 8.42 Å². The SMILES string of the molecule is C=CCn1c(CS(=O)(=O)c2ccc(C)cc2)nnc1SCC(=O)c1ccc(C)c(C)c1. The number of carbonyl (C=O) groups excluding carboxylic acids is 1. The van der Waals surface area contributed by atoms with Crippen molar-refractivity contribution in [1.82, 2.24) is 14.8 Å². The molecular formula is C23H25N3O3S2. The molecule has 0 aliphatic rings. The molecule has 3 aromatic rings. The lowest BCUT2D eigenvalue weighted by atomic mass is 10.0. The second-order valence-corrected chi connectivity index (χ2v) is 10.3. The molecule has 162 valence electrons. The Morgan fingerprint density at radius 3 is 2.42 bits per heavy atom. The van der Waals surface area contributed by atoms with E-state index in [-0.39, 0.29) is 22.2 Å². The van der Waals surface area contributed by atoms with E-state index in [2.05, 4.69) is 16.8 Å². The second kappa shape index (κ2) is 9.62. The maximum atomic E-state index is 12.8. The van der Waals surface area contributed by atoms with E-state index in [9.17, 15) is 13.2 Å². The van der Waals surface area contributed by atoms with Crippen molar-refractivity contribution >= 4 is 27.4 Å². The fourth-order valence-electron chi connectivity index (χ4n) is 2.97. The molecule has 0 radical (unpaired) electrons. The number of sulfone groups is 1. The molecule has 0 bridgehead atoms. The van der Waals surface area contributed by atoms with Crippen LogP contribution in [0.5, 0.6) is 0 Å². The number of rotatable bonds is 9. The van der Waals surface area contributed by atoms with Crippen LogP contribution in [0.1, 0.15) is 32.9 Å². The van der Waals surface area contributed by atoms with E-state index in [0.717, 1.165) is 16.7 Å². The van der Waals surface area contributed by atoms with Crippen molar-refractivity contribution in [2.45, 2.75) is 43.1 Å². The van der Waals surface area contributed by atoms with Crippen molar-refractivity contribution in [2.75, 3.05) is 5.75 Å². The maximum Gasteiger partial charge on any atom is 0.191 e. The Labute approximate surface area is 187 Å². The summed E-state index contributed by atoms with van der Waals surface area (Å²) < 4.78 is 27.3. The first-order chi connectivity index (χ1) is 14.7. The van der Waals surface area contributed by atoms with Gasteiger partial charge in [-0.15, -0.1) is 16.8 Å². The molecule has 0 unspecified atom stereocenters. The van der Waals surface area contributed by atoms with Crippen LogP contribution in [0.4, 0.5) is 0 Å². The standard InChI is InChI=1S/C23H25N3O3S2/c1-5-12-26-22(15-31(28,29)20-10-6-16(2)7-11-20)24-25-23(26)30-14-21(27)19-9-8-17(3)18(4)13-19/h5-11,13H,1,12,14-15H2,2-4H3. The summed E-state index contributed by atoms with van der Waals surface area (Å²) in [5, 5.41) is 8.72. The minimum Gasteiger partial charge on any atom is -0.301 e. The van der Waals surface area contributed by atoms with Gasteiger partial charge in [-0.3, -0.25) is 4.79 Å². The third-order valence-corrected chi connectivity index (χ3v) is 7.56. The van der Waals surface area contributed by atoms with Gasteiger partial charge in [-0.2, -0.15) is 0 Å². The van der Waals surface area contributed by atoms with Gasteiger partial charge < -0.3 is 4.57 Å². The van der Waals surface area contributed by atoms with Crippen LogP contribution in [-0.2, 0) is 22.1 Å². The number of benzene rings is 2. The summed E-state index contributed by atoms with van der Waals surface area (Å²) in [6.45, 7) is 9.97. The molecule has 31 heavy (non-hydrogen) atoms. The molecule has 3 rings (SSSR count). The molecular weight excluding hydrogens is 430 g/mol. The number of thioether (sulfide) groups is 1. The van der Waals surface area contributed by atoms with Crippen LogP contribution >= 0.6 is 11.8 Å². The van der Waals surface area contributed by atoms with Crippen molar-refractivity contribution < 1.29 is 13.2 Å². The molecule has 2 aromatic carbocycles. The van der Waals surface area contributed by atoms with Crippen molar-refractivity contribution in [3.63, 3.8) is 0 Å². The number of hydrogen-bond acceptors (Lipinski definition) is 6. The molecule has 0 aliphatic carbocycles. The van der Waals surface area contributed by atoms with Crippen molar-refractivity contribution in [3.05, 3.63) is 83.2 Å². The zero-order valence-corrected chi connectivity index (χ0v) is 19.5. The fourth-order valence-corrected chi connectivity index (χ4v) is 5.10. The van der Waals surface area contributed by atoms with E-state index in [0.29, 0.717) is 23.1 Å². The predicted molar refractivity (Wildman–Crippen MR) is 123 cm³/mol. The van der Waals surface area contributed by atoms with Gasteiger partial charge in [0.05, 0.1) is 10.6 Å². The summed E-state index contributed by atoms with van der Waals surface area (Å²) in [7, 11) is -3.57. The van der Waals surface area contributed by atoms with Gasteiger partial charge in [0.1, 0.15) is 11.6 Å². The number of nitrogens with zero attached hydrogens (tertiary/aromatic N) is 3. The van der Waals surface area contributed by atoms with Crippen LogP contribution in [0.25, 0.3) is 0 Å². The first-order valence-corrected chi connectivity index (χ1v) is 12.4. The van der Waals surface area contributed by atoms with Crippen LogP contribution in [-0.4, -0.2) is 34.7 Å². The molecule has 0 spiro atoms. The Bertz CT molecular complexity index is 1210. The lowest BCUT2D eigenvalue weighted by Crippen LogP contribution is -2.12. The summed E-state index contributed by atoms with van der Waals surface area (Å²) in [5.41, 5.74) is 3.83. The van der Waals surface area contributed by atoms with Crippen molar-refractivity contribution in [2.24, 2.45) is 0 Å². The number of hydrogen-bond donors (Lipinski definition) is 0. The van der Waals surface area contributed by atoms with E-state index >= 15 is 0 Å². The van der Waals surface area contributed by atoms with E-state index in [1.165, 1.54) is 11.8 Å². The van der Waals surface area contributed by atoms with Crippen LogP contribution in [0.15, 0.2) is 65.2 Å². The van der Waals surface area contributed by atoms with Gasteiger partial charge in [0.2, 0.25) is 0 Å². The number of carbonyl (C=O) groups is 1. The van der Waals surface area contributed by atoms with Crippen LogP contribution in [0.3, 0.4) is 0 Å².